The molecule has 0 spiro atoms. The average Bonchev–Trinajstić information content (AvgIpc) is 2.89. The minimum Gasteiger partial charge on any atom is -0.497 e. The zero-order valence-electron chi connectivity index (χ0n) is 23.4. The van der Waals surface area contributed by atoms with Crippen LogP contribution in [0.25, 0.3) is 0 Å². The molecule has 0 aliphatic rings. The summed E-state index contributed by atoms with van der Waals surface area (Å²) in [5.41, 5.74) is 1.32. The monoisotopic (exact) mass is 585 g/mol. The molecule has 1 atom stereocenters. The Bertz CT molecular complexity index is 1410. The first-order chi connectivity index (χ1) is 18.8. The zero-order valence-corrected chi connectivity index (χ0v) is 25.0. The number of carbonyl (C=O) groups is 2. The number of hydrogen-bond donors (Lipinski definition) is 1. The lowest BCUT2D eigenvalue weighted by atomic mass is 10.0. The minimum atomic E-state index is -3.87. The van der Waals surface area contributed by atoms with E-state index in [0.717, 1.165) is 21.7 Å². The molecule has 214 valence electrons. The van der Waals surface area contributed by atoms with Crippen molar-refractivity contribution in [3.8, 4) is 5.75 Å². The van der Waals surface area contributed by atoms with Crippen LogP contribution in [0.2, 0.25) is 5.02 Å². The van der Waals surface area contributed by atoms with E-state index < -0.39 is 34.1 Å². The summed E-state index contributed by atoms with van der Waals surface area (Å²) >= 11 is 6.09. The van der Waals surface area contributed by atoms with Gasteiger partial charge >= 0.3 is 0 Å². The quantitative estimate of drug-likeness (QED) is 0.353. The third-order valence-corrected chi connectivity index (χ3v) is 7.45. The molecule has 0 heterocycles. The van der Waals surface area contributed by atoms with Gasteiger partial charge in [0, 0.05) is 29.6 Å². The van der Waals surface area contributed by atoms with Crippen LogP contribution in [0.4, 0.5) is 5.69 Å². The van der Waals surface area contributed by atoms with E-state index in [1.807, 2.05) is 51.1 Å². The Hall–Kier alpha value is -3.56. The fourth-order valence-corrected chi connectivity index (χ4v) is 5.14. The van der Waals surface area contributed by atoms with Gasteiger partial charge in [-0.1, -0.05) is 60.1 Å². The van der Waals surface area contributed by atoms with Crippen molar-refractivity contribution in [3.05, 3.63) is 95.0 Å². The van der Waals surface area contributed by atoms with Crippen LogP contribution in [0, 0.1) is 0 Å². The van der Waals surface area contributed by atoms with Crippen LogP contribution in [-0.4, -0.2) is 56.6 Å². The van der Waals surface area contributed by atoms with Gasteiger partial charge in [0.15, 0.2) is 0 Å². The molecule has 1 N–H and O–H groups in total. The summed E-state index contributed by atoms with van der Waals surface area (Å²) < 4.78 is 32.1. The number of benzene rings is 3. The largest absolute Gasteiger partial charge is 0.497 e. The predicted molar refractivity (Wildman–Crippen MR) is 159 cm³/mol. The zero-order chi connectivity index (χ0) is 29.5. The maximum absolute atomic E-state index is 14.1. The summed E-state index contributed by atoms with van der Waals surface area (Å²) in [6, 6.07) is 21.9. The first-order valence-corrected chi connectivity index (χ1v) is 15.0. The number of anilines is 1. The van der Waals surface area contributed by atoms with Gasteiger partial charge in [-0.25, -0.2) is 8.42 Å². The van der Waals surface area contributed by atoms with Crippen LogP contribution in [-0.2, 0) is 32.6 Å². The molecule has 0 fully saturated rings. The molecular formula is C30H36ClN3O5S. The number of sulfonamides is 1. The summed E-state index contributed by atoms with van der Waals surface area (Å²) in [4.78, 5) is 29.2. The highest BCUT2D eigenvalue weighted by atomic mass is 35.5. The van der Waals surface area contributed by atoms with Gasteiger partial charge in [0.2, 0.25) is 21.8 Å². The SMILES string of the molecule is COc1cccc(N(CC(=O)N(Cc2ccc(Cl)cc2)[C@@H](Cc2ccccc2)C(=O)NC(C)(C)C)S(C)(=O)=O)c1. The number of rotatable bonds is 11. The van der Waals surface area contributed by atoms with E-state index in [9.17, 15) is 18.0 Å². The highest BCUT2D eigenvalue weighted by molar-refractivity contribution is 7.92. The lowest BCUT2D eigenvalue weighted by Crippen LogP contribution is -2.56. The average molecular weight is 586 g/mol. The second kappa shape index (κ2) is 13.2. The van der Waals surface area contributed by atoms with E-state index >= 15 is 0 Å². The Morgan fingerprint density at radius 2 is 1.60 bits per heavy atom. The summed E-state index contributed by atoms with van der Waals surface area (Å²) in [5.74, 6) is -0.428. The Kier molecular flexibility index (Phi) is 10.2. The molecule has 2 amide bonds. The number of halogens is 1. The number of carbonyl (C=O) groups excluding carboxylic acids is 2. The van der Waals surface area contributed by atoms with Crippen molar-refractivity contribution in [1.82, 2.24) is 10.2 Å². The molecule has 3 aromatic rings. The van der Waals surface area contributed by atoms with E-state index in [1.54, 1.807) is 48.5 Å². The molecule has 0 aliphatic carbocycles. The second-order valence-corrected chi connectivity index (χ2v) is 12.9. The molecule has 0 saturated heterocycles. The lowest BCUT2D eigenvalue weighted by molar-refractivity contribution is -0.140. The molecule has 0 aromatic heterocycles. The summed E-state index contributed by atoms with van der Waals surface area (Å²) in [6.07, 6.45) is 1.27. The van der Waals surface area contributed by atoms with Gasteiger partial charge in [-0.05, 0) is 56.2 Å². The maximum atomic E-state index is 14.1. The molecule has 3 rings (SSSR count). The first-order valence-electron chi connectivity index (χ1n) is 12.8. The molecule has 8 nitrogen and oxygen atoms in total. The van der Waals surface area contributed by atoms with Gasteiger partial charge in [-0.2, -0.15) is 0 Å². The fourth-order valence-electron chi connectivity index (χ4n) is 4.17. The van der Waals surface area contributed by atoms with E-state index in [1.165, 1.54) is 12.0 Å². The van der Waals surface area contributed by atoms with Gasteiger partial charge < -0.3 is 15.0 Å². The molecule has 3 aromatic carbocycles. The van der Waals surface area contributed by atoms with E-state index in [2.05, 4.69) is 5.32 Å². The maximum Gasteiger partial charge on any atom is 0.244 e. The van der Waals surface area contributed by atoms with Crippen LogP contribution < -0.4 is 14.4 Å². The van der Waals surface area contributed by atoms with Crippen LogP contribution in [0.3, 0.4) is 0 Å². The van der Waals surface area contributed by atoms with E-state index in [4.69, 9.17) is 16.3 Å². The number of nitrogens with one attached hydrogen (secondary N) is 1. The third-order valence-electron chi connectivity index (χ3n) is 6.06. The van der Waals surface area contributed by atoms with Crippen molar-refractivity contribution in [2.24, 2.45) is 0 Å². The number of nitrogens with zero attached hydrogens (tertiary/aromatic N) is 2. The van der Waals surface area contributed by atoms with Crippen LogP contribution >= 0.6 is 11.6 Å². The summed E-state index contributed by atoms with van der Waals surface area (Å²) in [5, 5.41) is 3.53. The highest BCUT2D eigenvalue weighted by Gasteiger charge is 2.34. The molecule has 0 saturated carbocycles. The van der Waals surface area contributed by atoms with Crippen LogP contribution in [0.15, 0.2) is 78.9 Å². The lowest BCUT2D eigenvalue weighted by Gasteiger charge is -2.35. The normalized spacial score (nSPS) is 12.3. The molecule has 0 bridgehead atoms. The van der Waals surface area contributed by atoms with Gasteiger partial charge in [-0.15, -0.1) is 0 Å². The van der Waals surface area contributed by atoms with Crippen molar-refractivity contribution in [2.75, 3.05) is 24.2 Å². The van der Waals surface area contributed by atoms with Crippen molar-refractivity contribution in [1.29, 1.82) is 0 Å². The minimum absolute atomic E-state index is 0.0702. The smallest absolute Gasteiger partial charge is 0.244 e. The van der Waals surface area contributed by atoms with Gasteiger partial charge in [-0.3, -0.25) is 13.9 Å². The highest BCUT2D eigenvalue weighted by Crippen LogP contribution is 2.24. The fraction of sp³-hybridized carbons (Fsp3) is 0.333. The Labute approximate surface area is 241 Å². The molecular weight excluding hydrogens is 550 g/mol. The molecule has 0 aliphatic heterocycles. The molecule has 10 heteroatoms. The molecule has 40 heavy (non-hydrogen) atoms. The Morgan fingerprint density at radius 3 is 2.17 bits per heavy atom. The Balaban J connectivity index is 2.07. The van der Waals surface area contributed by atoms with E-state index in [-0.39, 0.29) is 24.6 Å². The number of ether oxygens (including phenoxy) is 1. The Morgan fingerprint density at radius 1 is 0.950 bits per heavy atom. The van der Waals surface area contributed by atoms with Crippen LogP contribution in [0.1, 0.15) is 31.9 Å². The number of methoxy groups -OCH3 is 1. The summed E-state index contributed by atoms with van der Waals surface area (Å²) in [7, 11) is -2.39. The van der Waals surface area contributed by atoms with Gasteiger partial charge in [0.05, 0.1) is 19.1 Å². The summed E-state index contributed by atoms with van der Waals surface area (Å²) in [6.45, 7) is 5.16. The van der Waals surface area contributed by atoms with Crippen molar-refractivity contribution >= 4 is 39.1 Å². The first kappa shape index (κ1) is 31.0. The van der Waals surface area contributed by atoms with Gasteiger partial charge in [0.1, 0.15) is 18.3 Å². The number of amides is 2. The number of hydrogen-bond acceptors (Lipinski definition) is 5. The standard InChI is InChI=1S/C30H36ClN3O5S/c1-30(2,3)32-29(36)27(18-22-10-7-6-8-11-22)33(20-23-14-16-24(31)17-15-23)28(35)21-34(40(5,37)38)25-12-9-13-26(19-25)39-4/h6-17,19,27H,18,20-21H2,1-5H3,(H,32,36)/t27-/m0/s1. The van der Waals surface area contributed by atoms with E-state index in [0.29, 0.717) is 10.8 Å². The third kappa shape index (κ3) is 8.99. The second-order valence-electron chi connectivity index (χ2n) is 10.6. The van der Waals surface area contributed by atoms with Crippen molar-refractivity contribution in [2.45, 2.75) is 45.3 Å². The van der Waals surface area contributed by atoms with Crippen LogP contribution in [0.5, 0.6) is 5.75 Å². The van der Waals surface area contributed by atoms with Crippen molar-refractivity contribution < 1.29 is 22.7 Å². The molecule has 0 unspecified atom stereocenters. The topological polar surface area (TPSA) is 96.0 Å². The molecule has 0 radical (unpaired) electrons. The van der Waals surface area contributed by atoms with Gasteiger partial charge in [0.25, 0.3) is 0 Å². The van der Waals surface area contributed by atoms with Crippen molar-refractivity contribution in [3.63, 3.8) is 0 Å². The predicted octanol–water partition coefficient (Wildman–Crippen LogP) is 4.67.